The molecule has 0 aromatic carbocycles. The minimum atomic E-state index is 0.650. The maximum absolute atomic E-state index is 5.39. The number of hydrogen-bond donors (Lipinski definition) is 1. The van der Waals surface area contributed by atoms with Gasteiger partial charge >= 0.3 is 0 Å². The van der Waals surface area contributed by atoms with Crippen LogP contribution in [-0.2, 0) is 6.42 Å². The van der Waals surface area contributed by atoms with E-state index in [4.69, 9.17) is 10.3 Å². The van der Waals surface area contributed by atoms with Gasteiger partial charge in [0, 0.05) is 6.42 Å². The molecule has 0 spiro atoms. The van der Waals surface area contributed by atoms with E-state index in [0.717, 1.165) is 17.7 Å². The summed E-state index contributed by atoms with van der Waals surface area (Å²) < 4.78 is 5.08. The topological polar surface area (TPSA) is 64.9 Å². The summed E-state index contributed by atoms with van der Waals surface area (Å²) in [5.41, 5.74) is 5.39. The molecule has 2 rings (SSSR count). The van der Waals surface area contributed by atoms with E-state index in [2.05, 4.69) is 10.1 Å². The van der Waals surface area contributed by atoms with Gasteiger partial charge in [0.15, 0.2) is 0 Å². The Kier molecular flexibility index (Phi) is 2.90. The molecule has 2 aromatic heterocycles. The first-order valence-corrected chi connectivity index (χ1v) is 5.34. The van der Waals surface area contributed by atoms with Crippen LogP contribution in [0.25, 0.3) is 10.7 Å². The maximum atomic E-state index is 5.39. The van der Waals surface area contributed by atoms with Crippen LogP contribution >= 0.6 is 11.3 Å². The van der Waals surface area contributed by atoms with Crippen molar-refractivity contribution in [2.45, 2.75) is 12.8 Å². The highest BCUT2D eigenvalue weighted by Gasteiger charge is 2.08. The molecular formula is C9H11N3OS. The summed E-state index contributed by atoms with van der Waals surface area (Å²) in [6.45, 7) is 0.650. The standard InChI is InChI=1S/C9H11N3OS/c10-5-1-4-8-11-9(12-13-8)7-3-2-6-14-7/h2-3,6H,1,4-5,10H2. The molecule has 0 amide bonds. The molecule has 74 valence electrons. The van der Waals surface area contributed by atoms with Gasteiger partial charge < -0.3 is 10.3 Å². The second kappa shape index (κ2) is 4.34. The Hall–Kier alpha value is -1.20. The monoisotopic (exact) mass is 209 g/mol. The molecule has 0 aliphatic rings. The lowest BCUT2D eigenvalue weighted by Gasteiger charge is -1.88. The van der Waals surface area contributed by atoms with Crippen molar-refractivity contribution in [3.63, 3.8) is 0 Å². The maximum Gasteiger partial charge on any atom is 0.227 e. The number of rotatable bonds is 4. The third-order valence-electron chi connectivity index (χ3n) is 1.80. The first-order valence-electron chi connectivity index (χ1n) is 4.46. The lowest BCUT2D eigenvalue weighted by molar-refractivity contribution is 0.377. The van der Waals surface area contributed by atoms with Gasteiger partial charge in [0.2, 0.25) is 11.7 Å². The lowest BCUT2D eigenvalue weighted by atomic mass is 10.3. The Balaban J connectivity index is 2.10. The molecule has 2 N–H and O–H groups in total. The van der Waals surface area contributed by atoms with Crippen molar-refractivity contribution in [3.8, 4) is 10.7 Å². The minimum absolute atomic E-state index is 0.650. The van der Waals surface area contributed by atoms with Crippen molar-refractivity contribution >= 4 is 11.3 Å². The van der Waals surface area contributed by atoms with Crippen molar-refractivity contribution in [1.29, 1.82) is 0 Å². The molecule has 0 fully saturated rings. The highest BCUT2D eigenvalue weighted by molar-refractivity contribution is 7.13. The highest BCUT2D eigenvalue weighted by atomic mass is 32.1. The molecule has 2 aromatic rings. The average Bonchev–Trinajstić information content (AvgIpc) is 2.85. The van der Waals surface area contributed by atoms with Crippen molar-refractivity contribution in [1.82, 2.24) is 10.1 Å². The third-order valence-corrected chi connectivity index (χ3v) is 2.67. The van der Waals surface area contributed by atoms with Gasteiger partial charge in [0.25, 0.3) is 0 Å². The van der Waals surface area contributed by atoms with E-state index >= 15 is 0 Å². The van der Waals surface area contributed by atoms with Crippen LogP contribution in [0.1, 0.15) is 12.3 Å². The van der Waals surface area contributed by atoms with Crippen LogP contribution < -0.4 is 5.73 Å². The van der Waals surface area contributed by atoms with Gasteiger partial charge in [-0.25, -0.2) is 0 Å². The van der Waals surface area contributed by atoms with Crippen LogP contribution in [0.4, 0.5) is 0 Å². The Morgan fingerprint density at radius 3 is 3.14 bits per heavy atom. The number of aromatic nitrogens is 2. The summed E-state index contributed by atoms with van der Waals surface area (Å²) in [5, 5.41) is 5.89. The Bertz CT molecular complexity index is 382. The molecule has 2 heterocycles. The van der Waals surface area contributed by atoms with Crippen molar-refractivity contribution in [2.75, 3.05) is 6.54 Å². The molecule has 5 heteroatoms. The first kappa shape index (κ1) is 9.36. The molecule has 0 radical (unpaired) electrons. The van der Waals surface area contributed by atoms with Crippen LogP contribution in [-0.4, -0.2) is 16.7 Å². The molecule has 0 saturated heterocycles. The van der Waals surface area contributed by atoms with Crippen LogP contribution in [0.2, 0.25) is 0 Å². The van der Waals surface area contributed by atoms with E-state index in [1.807, 2.05) is 17.5 Å². The van der Waals surface area contributed by atoms with E-state index in [0.29, 0.717) is 18.3 Å². The third kappa shape index (κ3) is 2.00. The average molecular weight is 209 g/mol. The normalized spacial score (nSPS) is 10.6. The quantitative estimate of drug-likeness (QED) is 0.832. The Labute approximate surface area is 85.7 Å². The zero-order valence-corrected chi connectivity index (χ0v) is 8.46. The molecule has 4 nitrogen and oxygen atoms in total. The molecule has 0 aliphatic heterocycles. The van der Waals surface area contributed by atoms with Gasteiger partial charge in [-0.2, -0.15) is 4.98 Å². The van der Waals surface area contributed by atoms with Crippen molar-refractivity contribution < 1.29 is 4.52 Å². The molecule has 14 heavy (non-hydrogen) atoms. The lowest BCUT2D eigenvalue weighted by Crippen LogP contribution is -2.00. The first-order chi connectivity index (χ1) is 6.90. The van der Waals surface area contributed by atoms with E-state index in [9.17, 15) is 0 Å². The predicted molar refractivity (Wildman–Crippen MR) is 55.0 cm³/mol. The van der Waals surface area contributed by atoms with E-state index in [-0.39, 0.29) is 0 Å². The van der Waals surface area contributed by atoms with Crippen molar-refractivity contribution in [3.05, 3.63) is 23.4 Å². The summed E-state index contributed by atoms with van der Waals surface area (Å²) in [4.78, 5) is 5.30. The van der Waals surface area contributed by atoms with E-state index < -0.39 is 0 Å². The smallest absolute Gasteiger partial charge is 0.227 e. The zero-order chi connectivity index (χ0) is 9.80. The van der Waals surface area contributed by atoms with E-state index in [1.165, 1.54) is 0 Å². The molecule has 0 aliphatic carbocycles. The van der Waals surface area contributed by atoms with Gasteiger partial charge in [0.05, 0.1) is 4.88 Å². The summed E-state index contributed by atoms with van der Waals surface area (Å²) in [6, 6.07) is 3.94. The second-order valence-electron chi connectivity index (χ2n) is 2.88. The van der Waals surface area contributed by atoms with E-state index in [1.54, 1.807) is 11.3 Å². The van der Waals surface area contributed by atoms with Crippen LogP contribution in [0.5, 0.6) is 0 Å². The molecule has 0 bridgehead atoms. The van der Waals surface area contributed by atoms with Gasteiger partial charge in [-0.15, -0.1) is 11.3 Å². The van der Waals surface area contributed by atoms with Gasteiger partial charge in [-0.1, -0.05) is 11.2 Å². The molecular weight excluding hydrogens is 198 g/mol. The fourth-order valence-corrected chi connectivity index (χ4v) is 1.76. The largest absolute Gasteiger partial charge is 0.339 e. The number of thiophene rings is 1. The fourth-order valence-electron chi connectivity index (χ4n) is 1.12. The number of aryl methyl sites for hydroxylation is 1. The zero-order valence-electron chi connectivity index (χ0n) is 7.64. The number of nitrogens with zero attached hydrogens (tertiary/aromatic N) is 2. The van der Waals surface area contributed by atoms with Crippen LogP contribution in [0.15, 0.2) is 22.0 Å². The van der Waals surface area contributed by atoms with Gasteiger partial charge in [-0.3, -0.25) is 0 Å². The summed E-state index contributed by atoms with van der Waals surface area (Å²) in [5.74, 6) is 1.34. The number of hydrogen-bond acceptors (Lipinski definition) is 5. The van der Waals surface area contributed by atoms with Crippen LogP contribution in [0, 0.1) is 0 Å². The summed E-state index contributed by atoms with van der Waals surface area (Å²) in [7, 11) is 0. The van der Waals surface area contributed by atoms with Gasteiger partial charge in [-0.05, 0) is 24.4 Å². The molecule has 0 unspecified atom stereocenters. The Morgan fingerprint density at radius 2 is 2.43 bits per heavy atom. The Morgan fingerprint density at radius 1 is 1.50 bits per heavy atom. The number of nitrogens with two attached hydrogens (primary N) is 1. The van der Waals surface area contributed by atoms with Crippen molar-refractivity contribution in [2.24, 2.45) is 5.73 Å². The predicted octanol–water partition coefficient (Wildman–Crippen LogP) is 1.69. The summed E-state index contributed by atoms with van der Waals surface area (Å²) in [6.07, 6.45) is 1.64. The summed E-state index contributed by atoms with van der Waals surface area (Å²) >= 11 is 1.60. The SMILES string of the molecule is NCCCc1nc(-c2cccs2)no1. The second-order valence-corrected chi connectivity index (χ2v) is 3.83. The van der Waals surface area contributed by atoms with Crippen LogP contribution in [0.3, 0.4) is 0 Å². The highest BCUT2D eigenvalue weighted by Crippen LogP contribution is 2.21. The molecule has 0 atom stereocenters. The minimum Gasteiger partial charge on any atom is -0.339 e. The fraction of sp³-hybridized carbons (Fsp3) is 0.333. The molecule has 0 saturated carbocycles. The van der Waals surface area contributed by atoms with Gasteiger partial charge in [0.1, 0.15) is 0 Å².